The zero-order valence-electron chi connectivity index (χ0n) is 11.2. The van der Waals surface area contributed by atoms with Gasteiger partial charge in [0, 0.05) is 39.0 Å². The summed E-state index contributed by atoms with van der Waals surface area (Å²) in [5.41, 5.74) is 0. The number of likely N-dealkylation sites (tertiary alicyclic amines) is 2. The number of carbonyl (C=O) groups excluding carboxylic acids is 2. The molecule has 104 valence electrons. The minimum atomic E-state index is 0.0890. The summed E-state index contributed by atoms with van der Waals surface area (Å²) in [6.07, 6.45) is 4.56. The van der Waals surface area contributed by atoms with Crippen molar-refractivity contribution in [2.75, 3.05) is 32.8 Å². The highest BCUT2D eigenvalue weighted by Crippen LogP contribution is 2.09. The van der Waals surface area contributed by atoms with E-state index in [1.807, 2.05) is 4.90 Å². The Labute approximate surface area is 109 Å². The summed E-state index contributed by atoms with van der Waals surface area (Å²) in [4.78, 5) is 25.3. The molecule has 0 atom stereocenters. The largest absolute Gasteiger partial charge is 0.395 e. The van der Waals surface area contributed by atoms with Gasteiger partial charge in [0.25, 0.3) is 0 Å². The lowest BCUT2D eigenvalue weighted by Gasteiger charge is -2.12. The van der Waals surface area contributed by atoms with Crippen LogP contribution in [0.5, 0.6) is 0 Å². The summed E-state index contributed by atoms with van der Waals surface area (Å²) in [6.45, 7) is 5.49. The van der Waals surface area contributed by atoms with Crippen LogP contribution in [0.4, 0.5) is 0 Å². The van der Waals surface area contributed by atoms with E-state index in [1.165, 1.54) is 0 Å². The molecule has 2 amide bonds. The van der Waals surface area contributed by atoms with E-state index in [2.05, 4.69) is 6.92 Å². The molecule has 1 N–H and O–H groups in total. The third kappa shape index (κ3) is 4.64. The SMILES string of the molecule is CCCN1CCCC1=O.O=C1CCCN1CCO. The van der Waals surface area contributed by atoms with Gasteiger partial charge in [-0.1, -0.05) is 6.92 Å². The van der Waals surface area contributed by atoms with Crippen LogP contribution in [0.3, 0.4) is 0 Å². The summed E-state index contributed by atoms with van der Waals surface area (Å²) in [7, 11) is 0. The fraction of sp³-hybridized carbons (Fsp3) is 0.846. The van der Waals surface area contributed by atoms with Gasteiger partial charge in [0.2, 0.25) is 11.8 Å². The fourth-order valence-corrected chi connectivity index (χ4v) is 2.27. The van der Waals surface area contributed by atoms with Gasteiger partial charge in [-0.15, -0.1) is 0 Å². The zero-order valence-corrected chi connectivity index (χ0v) is 11.2. The van der Waals surface area contributed by atoms with Crippen LogP contribution in [0, 0.1) is 0 Å². The summed E-state index contributed by atoms with van der Waals surface area (Å²) in [6, 6.07) is 0. The van der Waals surface area contributed by atoms with Crippen molar-refractivity contribution in [2.45, 2.75) is 39.0 Å². The van der Waals surface area contributed by atoms with E-state index in [4.69, 9.17) is 5.11 Å². The van der Waals surface area contributed by atoms with Gasteiger partial charge in [-0.2, -0.15) is 0 Å². The van der Waals surface area contributed by atoms with Crippen LogP contribution < -0.4 is 0 Å². The second-order valence-electron chi connectivity index (χ2n) is 4.69. The van der Waals surface area contributed by atoms with Crippen molar-refractivity contribution in [1.29, 1.82) is 0 Å². The molecule has 0 spiro atoms. The van der Waals surface area contributed by atoms with Crippen molar-refractivity contribution < 1.29 is 14.7 Å². The Morgan fingerprint density at radius 1 is 1.00 bits per heavy atom. The van der Waals surface area contributed by atoms with Crippen LogP contribution in [0.2, 0.25) is 0 Å². The van der Waals surface area contributed by atoms with E-state index >= 15 is 0 Å². The molecule has 0 aromatic rings. The van der Waals surface area contributed by atoms with E-state index in [1.54, 1.807) is 4.90 Å². The topological polar surface area (TPSA) is 60.9 Å². The third-order valence-corrected chi connectivity index (χ3v) is 3.21. The highest BCUT2D eigenvalue weighted by atomic mass is 16.3. The first-order chi connectivity index (χ1) is 8.69. The molecule has 5 heteroatoms. The van der Waals surface area contributed by atoms with Gasteiger partial charge in [0.1, 0.15) is 0 Å². The fourth-order valence-electron chi connectivity index (χ4n) is 2.27. The zero-order chi connectivity index (χ0) is 13.4. The molecule has 0 unspecified atom stereocenters. The van der Waals surface area contributed by atoms with Crippen molar-refractivity contribution >= 4 is 11.8 Å². The van der Waals surface area contributed by atoms with Crippen LogP contribution >= 0.6 is 0 Å². The molecular weight excluding hydrogens is 232 g/mol. The maximum Gasteiger partial charge on any atom is 0.222 e. The summed E-state index contributed by atoms with van der Waals surface area (Å²) < 4.78 is 0. The standard InChI is InChI=1S/C7H13NO.C6H11NO2/c1-2-5-8-6-3-4-7(8)9;8-5-4-7-3-1-2-6(7)9/h2-6H2,1H3;8H,1-5H2. The molecule has 0 bridgehead atoms. The molecular formula is C13H24N2O3. The number of hydrogen-bond acceptors (Lipinski definition) is 3. The van der Waals surface area contributed by atoms with E-state index in [0.717, 1.165) is 45.3 Å². The molecule has 2 aliphatic heterocycles. The second kappa shape index (κ2) is 8.08. The van der Waals surface area contributed by atoms with Crippen LogP contribution in [0.15, 0.2) is 0 Å². The minimum absolute atomic E-state index is 0.0890. The number of carbonyl (C=O) groups is 2. The molecule has 0 aromatic carbocycles. The predicted octanol–water partition coefficient (Wildman–Crippen LogP) is 0.620. The number of aliphatic hydroxyl groups excluding tert-OH is 1. The average Bonchev–Trinajstić information content (AvgIpc) is 2.92. The second-order valence-corrected chi connectivity index (χ2v) is 4.69. The maximum atomic E-state index is 10.9. The molecule has 2 saturated heterocycles. The first kappa shape index (κ1) is 15.0. The van der Waals surface area contributed by atoms with Crippen molar-refractivity contribution in [3.05, 3.63) is 0 Å². The molecule has 0 radical (unpaired) electrons. The molecule has 0 aliphatic carbocycles. The van der Waals surface area contributed by atoms with Gasteiger partial charge in [0.05, 0.1) is 6.61 Å². The van der Waals surface area contributed by atoms with Crippen molar-refractivity contribution in [2.24, 2.45) is 0 Å². The Balaban J connectivity index is 0.000000180. The van der Waals surface area contributed by atoms with Gasteiger partial charge < -0.3 is 14.9 Å². The van der Waals surface area contributed by atoms with Gasteiger partial charge in [-0.3, -0.25) is 9.59 Å². The lowest BCUT2D eigenvalue weighted by Crippen LogP contribution is -2.27. The first-order valence-corrected chi connectivity index (χ1v) is 6.85. The number of β-amino-alcohol motifs (C(OH)–C–C–N with tert-alkyl or cyclic N) is 1. The van der Waals surface area contributed by atoms with Crippen molar-refractivity contribution in [3.63, 3.8) is 0 Å². The normalized spacial score (nSPS) is 19.2. The van der Waals surface area contributed by atoms with Gasteiger partial charge in [0.15, 0.2) is 0 Å². The quantitative estimate of drug-likeness (QED) is 0.802. The molecule has 0 aromatic heterocycles. The Hall–Kier alpha value is -1.10. The highest BCUT2D eigenvalue weighted by molar-refractivity contribution is 5.78. The average molecular weight is 256 g/mol. The Morgan fingerprint density at radius 3 is 1.83 bits per heavy atom. The number of rotatable bonds is 4. The van der Waals surface area contributed by atoms with E-state index in [9.17, 15) is 9.59 Å². The van der Waals surface area contributed by atoms with E-state index in [-0.39, 0.29) is 12.5 Å². The molecule has 0 saturated carbocycles. The summed E-state index contributed by atoms with van der Waals surface area (Å²) in [5.74, 6) is 0.529. The lowest BCUT2D eigenvalue weighted by molar-refractivity contribution is -0.128. The van der Waals surface area contributed by atoms with Gasteiger partial charge >= 0.3 is 0 Å². The molecule has 2 aliphatic rings. The highest BCUT2D eigenvalue weighted by Gasteiger charge is 2.18. The van der Waals surface area contributed by atoms with Crippen LogP contribution in [0.25, 0.3) is 0 Å². The van der Waals surface area contributed by atoms with Crippen LogP contribution in [-0.4, -0.2) is 59.5 Å². The van der Waals surface area contributed by atoms with Gasteiger partial charge in [-0.25, -0.2) is 0 Å². The monoisotopic (exact) mass is 256 g/mol. The molecule has 2 rings (SSSR count). The minimum Gasteiger partial charge on any atom is -0.395 e. The molecule has 18 heavy (non-hydrogen) atoms. The Kier molecular flexibility index (Phi) is 6.72. The predicted molar refractivity (Wildman–Crippen MR) is 69.0 cm³/mol. The van der Waals surface area contributed by atoms with Crippen LogP contribution in [0.1, 0.15) is 39.0 Å². The number of nitrogens with zero attached hydrogens (tertiary/aromatic N) is 2. The number of hydrogen-bond donors (Lipinski definition) is 1. The maximum absolute atomic E-state index is 10.9. The van der Waals surface area contributed by atoms with Crippen LogP contribution in [-0.2, 0) is 9.59 Å². The third-order valence-electron chi connectivity index (χ3n) is 3.21. The molecule has 2 fully saturated rings. The van der Waals surface area contributed by atoms with Gasteiger partial charge in [-0.05, 0) is 19.3 Å². The molecule has 5 nitrogen and oxygen atoms in total. The molecule has 2 heterocycles. The smallest absolute Gasteiger partial charge is 0.222 e. The van der Waals surface area contributed by atoms with Crippen molar-refractivity contribution in [3.8, 4) is 0 Å². The summed E-state index contributed by atoms with van der Waals surface area (Å²) >= 11 is 0. The van der Waals surface area contributed by atoms with E-state index < -0.39 is 0 Å². The van der Waals surface area contributed by atoms with Crippen molar-refractivity contribution in [1.82, 2.24) is 9.80 Å². The first-order valence-electron chi connectivity index (χ1n) is 6.85. The summed E-state index contributed by atoms with van der Waals surface area (Å²) in [5, 5.41) is 8.45. The Bertz CT molecular complexity index is 253. The number of amides is 2. The number of aliphatic hydroxyl groups is 1. The van der Waals surface area contributed by atoms with E-state index in [0.29, 0.717) is 18.9 Å². The Morgan fingerprint density at radius 2 is 1.50 bits per heavy atom. The lowest BCUT2D eigenvalue weighted by atomic mass is 10.4.